The Morgan fingerprint density at radius 1 is 0.727 bits per heavy atom. The lowest BCUT2D eigenvalue weighted by Gasteiger charge is -2.14. The van der Waals surface area contributed by atoms with Gasteiger partial charge in [-0.2, -0.15) is 0 Å². The van der Waals surface area contributed by atoms with Gasteiger partial charge in [-0.25, -0.2) is 4.98 Å². The predicted molar refractivity (Wildman–Crippen MR) is 132 cm³/mol. The fourth-order valence-electron chi connectivity index (χ4n) is 5.15. The number of hydrogen-bond acceptors (Lipinski definition) is 3. The molecule has 0 aliphatic heterocycles. The first-order chi connectivity index (χ1) is 16.2. The van der Waals surface area contributed by atoms with Crippen molar-refractivity contribution in [1.29, 1.82) is 0 Å². The Labute approximate surface area is 194 Å². The van der Waals surface area contributed by atoms with Gasteiger partial charge in [0.2, 0.25) is 11.8 Å². The second-order valence-corrected chi connectivity index (χ2v) is 9.54. The first-order valence-electron chi connectivity index (χ1n) is 12.4. The van der Waals surface area contributed by atoms with Crippen LogP contribution in [0.1, 0.15) is 64.2 Å². The van der Waals surface area contributed by atoms with Crippen molar-refractivity contribution in [3.63, 3.8) is 0 Å². The van der Waals surface area contributed by atoms with Crippen molar-refractivity contribution in [3.05, 3.63) is 42.5 Å². The topological polar surface area (TPSA) is 86.9 Å². The predicted octanol–water partition coefficient (Wildman–Crippen LogP) is 6.27. The Morgan fingerprint density at radius 3 is 1.91 bits per heavy atom. The lowest BCUT2D eigenvalue weighted by Crippen LogP contribution is -2.22. The number of anilines is 2. The average Bonchev–Trinajstić information content (AvgIpc) is 3.43. The molecule has 3 N–H and O–H groups in total. The van der Waals surface area contributed by atoms with E-state index in [0.29, 0.717) is 0 Å². The number of rotatable bonds is 5. The molecule has 5 rings (SSSR count). The number of aromatic amines is 1. The molecule has 2 amide bonds. The zero-order valence-electron chi connectivity index (χ0n) is 19.0. The number of benzene rings is 2. The molecule has 172 valence electrons. The van der Waals surface area contributed by atoms with Crippen LogP contribution in [0.2, 0.25) is 0 Å². The molecule has 3 aromatic rings. The number of hydrogen-bond donors (Lipinski definition) is 3. The SMILES string of the molecule is O=C(Nc1ccc2nc(-c3ccc(NC(=O)C4CCCC4)cc3)[nH]c2c1)C1CCCCCC1. The fourth-order valence-corrected chi connectivity index (χ4v) is 5.15. The van der Waals surface area contributed by atoms with Gasteiger partial charge in [0.15, 0.2) is 0 Å². The second-order valence-electron chi connectivity index (χ2n) is 9.54. The molecule has 6 heteroatoms. The molecule has 0 atom stereocenters. The zero-order chi connectivity index (χ0) is 22.6. The van der Waals surface area contributed by atoms with Crippen molar-refractivity contribution in [3.8, 4) is 11.4 Å². The smallest absolute Gasteiger partial charge is 0.227 e. The van der Waals surface area contributed by atoms with Crippen LogP contribution in [0, 0.1) is 11.8 Å². The Bertz CT molecular complexity index is 1120. The van der Waals surface area contributed by atoms with Crippen LogP contribution in [0.15, 0.2) is 42.5 Å². The summed E-state index contributed by atoms with van der Waals surface area (Å²) in [5.74, 6) is 1.30. The summed E-state index contributed by atoms with van der Waals surface area (Å²) in [7, 11) is 0. The molecular weight excluding hydrogens is 412 g/mol. The molecule has 6 nitrogen and oxygen atoms in total. The van der Waals surface area contributed by atoms with Crippen molar-refractivity contribution in [1.82, 2.24) is 9.97 Å². The second kappa shape index (κ2) is 9.77. The largest absolute Gasteiger partial charge is 0.338 e. The summed E-state index contributed by atoms with van der Waals surface area (Å²) in [6.07, 6.45) is 11.0. The Kier molecular flexibility index (Phi) is 6.42. The number of aromatic nitrogens is 2. The third-order valence-electron chi connectivity index (χ3n) is 7.13. The molecule has 2 saturated carbocycles. The van der Waals surface area contributed by atoms with E-state index >= 15 is 0 Å². The molecule has 1 heterocycles. The number of amides is 2. The maximum absolute atomic E-state index is 12.7. The van der Waals surface area contributed by atoms with Gasteiger partial charge in [-0.15, -0.1) is 0 Å². The van der Waals surface area contributed by atoms with Gasteiger partial charge >= 0.3 is 0 Å². The minimum absolute atomic E-state index is 0.119. The summed E-state index contributed by atoms with van der Waals surface area (Å²) in [6, 6.07) is 13.6. The third kappa shape index (κ3) is 5.10. The van der Waals surface area contributed by atoms with Gasteiger partial charge in [0, 0.05) is 28.8 Å². The number of nitrogens with zero attached hydrogens (tertiary/aromatic N) is 1. The molecule has 1 aromatic heterocycles. The minimum Gasteiger partial charge on any atom is -0.338 e. The molecule has 33 heavy (non-hydrogen) atoms. The van der Waals surface area contributed by atoms with E-state index in [9.17, 15) is 9.59 Å². The van der Waals surface area contributed by atoms with Crippen LogP contribution in [0.4, 0.5) is 11.4 Å². The first kappa shape index (κ1) is 21.7. The quantitative estimate of drug-likeness (QED) is 0.406. The van der Waals surface area contributed by atoms with E-state index in [2.05, 4.69) is 15.6 Å². The van der Waals surface area contributed by atoms with Gasteiger partial charge in [-0.1, -0.05) is 38.5 Å². The summed E-state index contributed by atoms with van der Waals surface area (Å²) in [6.45, 7) is 0. The normalized spacial score (nSPS) is 17.7. The molecule has 2 aliphatic rings. The third-order valence-corrected chi connectivity index (χ3v) is 7.13. The van der Waals surface area contributed by atoms with Crippen LogP contribution in [0.3, 0.4) is 0 Å². The van der Waals surface area contributed by atoms with Gasteiger partial charge < -0.3 is 15.6 Å². The highest BCUT2D eigenvalue weighted by Crippen LogP contribution is 2.28. The van der Waals surface area contributed by atoms with Gasteiger partial charge in [0.05, 0.1) is 11.0 Å². The van der Waals surface area contributed by atoms with E-state index < -0.39 is 0 Å². The fraction of sp³-hybridized carbons (Fsp3) is 0.444. The van der Waals surface area contributed by atoms with Crippen LogP contribution in [0.5, 0.6) is 0 Å². The van der Waals surface area contributed by atoms with E-state index in [1.807, 2.05) is 42.5 Å². The number of carbonyl (C=O) groups is 2. The number of fused-ring (bicyclic) bond motifs is 1. The van der Waals surface area contributed by atoms with E-state index in [0.717, 1.165) is 85.2 Å². The molecule has 2 aromatic carbocycles. The van der Waals surface area contributed by atoms with Crippen molar-refractivity contribution < 1.29 is 9.59 Å². The lowest BCUT2D eigenvalue weighted by atomic mass is 9.99. The molecule has 0 saturated heterocycles. The Morgan fingerprint density at radius 2 is 1.27 bits per heavy atom. The van der Waals surface area contributed by atoms with Gasteiger partial charge in [0.1, 0.15) is 5.82 Å². The molecule has 0 unspecified atom stereocenters. The van der Waals surface area contributed by atoms with Crippen molar-refractivity contribution in [2.24, 2.45) is 11.8 Å². The van der Waals surface area contributed by atoms with Gasteiger partial charge in [-0.3, -0.25) is 9.59 Å². The molecule has 2 aliphatic carbocycles. The van der Waals surface area contributed by atoms with Crippen molar-refractivity contribution in [2.45, 2.75) is 64.2 Å². The summed E-state index contributed by atoms with van der Waals surface area (Å²) < 4.78 is 0. The van der Waals surface area contributed by atoms with E-state index in [4.69, 9.17) is 4.98 Å². The highest BCUT2D eigenvalue weighted by molar-refractivity contribution is 5.95. The monoisotopic (exact) mass is 444 g/mol. The van der Waals surface area contributed by atoms with E-state index in [1.165, 1.54) is 12.8 Å². The molecule has 0 bridgehead atoms. The zero-order valence-corrected chi connectivity index (χ0v) is 19.0. The molecule has 2 fully saturated rings. The summed E-state index contributed by atoms with van der Waals surface area (Å²) >= 11 is 0. The maximum Gasteiger partial charge on any atom is 0.227 e. The lowest BCUT2D eigenvalue weighted by molar-refractivity contribution is -0.120. The number of carbonyl (C=O) groups excluding carboxylic acids is 2. The van der Waals surface area contributed by atoms with Crippen molar-refractivity contribution >= 4 is 34.2 Å². The van der Waals surface area contributed by atoms with Crippen LogP contribution >= 0.6 is 0 Å². The highest BCUT2D eigenvalue weighted by Gasteiger charge is 2.23. The minimum atomic E-state index is 0.119. The Balaban J connectivity index is 1.26. The van der Waals surface area contributed by atoms with Gasteiger partial charge in [-0.05, 0) is 68.1 Å². The molecule has 0 spiro atoms. The number of nitrogens with one attached hydrogen (secondary N) is 3. The maximum atomic E-state index is 12.7. The first-order valence-corrected chi connectivity index (χ1v) is 12.4. The summed E-state index contributed by atoms with van der Waals surface area (Å²) in [4.78, 5) is 33.1. The van der Waals surface area contributed by atoms with E-state index in [1.54, 1.807) is 0 Å². The van der Waals surface area contributed by atoms with Crippen LogP contribution in [-0.2, 0) is 9.59 Å². The van der Waals surface area contributed by atoms with Crippen LogP contribution in [-0.4, -0.2) is 21.8 Å². The van der Waals surface area contributed by atoms with Gasteiger partial charge in [0.25, 0.3) is 0 Å². The summed E-state index contributed by atoms with van der Waals surface area (Å²) in [5.41, 5.74) is 4.32. The van der Waals surface area contributed by atoms with Crippen LogP contribution < -0.4 is 10.6 Å². The van der Waals surface area contributed by atoms with E-state index in [-0.39, 0.29) is 23.7 Å². The number of imidazole rings is 1. The highest BCUT2D eigenvalue weighted by atomic mass is 16.2. The average molecular weight is 445 g/mol. The molecular formula is C27H32N4O2. The standard InChI is InChI=1S/C27H32N4O2/c32-26(20-9-5-6-10-20)28-21-13-11-18(12-14-21)25-30-23-16-15-22(17-24(23)31-25)29-27(33)19-7-3-1-2-4-8-19/h11-17,19-20H,1-10H2,(H,28,32)(H,29,33)(H,30,31). The van der Waals surface area contributed by atoms with Crippen molar-refractivity contribution in [2.75, 3.05) is 10.6 Å². The van der Waals surface area contributed by atoms with Crippen LogP contribution in [0.25, 0.3) is 22.4 Å². The summed E-state index contributed by atoms with van der Waals surface area (Å²) in [5, 5.41) is 6.14. The number of H-pyrrole nitrogens is 1. The Hall–Kier alpha value is -3.15. The molecule has 0 radical (unpaired) electrons.